The van der Waals surface area contributed by atoms with Gasteiger partial charge in [-0.2, -0.15) is 0 Å². The highest BCUT2D eigenvalue weighted by Gasteiger charge is 2.29. The van der Waals surface area contributed by atoms with Crippen LogP contribution < -0.4 is 5.32 Å². The van der Waals surface area contributed by atoms with Gasteiger partial charge >= 0.3 is 0 Å². The summed E-state index contributed by atoms with van der Waals surface area (Å²) in [4.78, 5) is 1.49. The molecule has 0 bridgehead atoms. The van der Waals surface area contributed by atoms with E-state index in [1.165, 1.54) is 25.8 Å². The SMILES string of the molecule is Brc1csc(C2CCNCC2c2ccccc2Br)c1. The van der Waals surface area contributed by atoms with Crippen LogP contribution in [0.15, 0.2) is 44.7 Å². The molecule has 1 fully saturated rings. The molecule has 4 heteroatoms. The Bertz CT molecular complexity index is 567. The van der Waals surface area contributed by atoms with Crippen LogP contribution in [0.1, 0.15) is 28.7 Å². The second-order valence-electron chi connectivity index (χ2n) is 4.89. The zero-order valence-electron chi connectivity index (χ0n) is 10.4. The van der Waals surface area contributed by atoms with Crippen LogP contribution in [-0.2, 0) is 0 Å². The third-order valence-electron chi connectivity index (χ3n) is 3.74. The van der Waals surface area contributed by atoms with Crippen molar-refractivity contribution < 1.29 is 0 Å². The van der Waals surface area contributed by atoms with E-state index in [9.17, 15) is 0 Å². The molecular formula is C15H15Br2NS. The smallest absolute Gasteiger partial charge is 0.0285 e. The van der Waals surface area contributed by atoms with Crippen molar-refractivity contribution in [2.75, 3.05) is 13.1 Å². The highest BCUT2D eigenvalue weighted by Crippen LogP contribution is 2.42. The summed E-state index contributed by atoms with van der Waals surface area (Å²) < 4.78 is 2.43. The van der Waals surface area contributed by atoms with Gasteiger partial charge in [-0.05, 0) is 46.6 Å². The lowest BCUT2D eigenvalue weighted by molar-refractivity contribution is 0.407. The van der Waals surface area contributed by atoms with Crippen LogP contribution in [0.2, 0.25) is 0 Å². The van der Waals surface area contributed by atoms with Gasteiger partial charge in [0.1, 0.15) is 0 Å². The standard InChI is InChI=1S/C15H15Br2NS/c16-10-7-15(19-9-10)12-5-6-18-8-13(12)11-3-1-2-4-14(11)17/h1-4,7,9,12-13,18H,5-6,8H2. The first-order valence-electron chi connectivity index (χ1n) is 6.45. The fourth-order valence-corrected chi connectivity index (χ4v) is 5.05. The van der Waals surface area contributed by atoms with Gasteiger partial charge in [-0.3, -0.25) is 0 Å². The van der Waals surface area contributed by atoms with Crippen LogP contribution in [0.5, 0.6) is 0 Å². The van der Waals surface area contributed by atoms with Gasteiger partial charge in [-0.1, -0.05) is 34.1 Å². The molecule has 3 rings (SSSR count). The van der Waals surface area contributed by atoms with Crippen LogP contribution in [-0.4, -0.2) is 13.1 Å². The van der Waals surface area contributed by atoms with Gasteiger partial charge in [0.05, 0.1) is 0 Å². The van der Waals surface area contributed by atoms with Crippen molar-refractivity contribution in [3.63, 3.8) is 0 Å². The van der Waals surface area contributed by atoms with Gasteiger partial charge in [-0.15, -0.1) is 11.3 Å². The monoisotopic (exact) mass is 399 g/mol. The first-order valence-corrected chi connectivity index (χ1v) is 8.91. The number of rotatable bonds is 2. The zero-order chi connectivity index (χ0) is 13.2. The lowest BCUT2D eigenvalue weighted by Crippen LogP contribution is -2.33. The van der Waals surface area contributed by atoms with E-state index in [1.807, 2.05) is 11.3 Å². The van der Waals surface area contributed by atoms with Crippen molar-refractivity contribution in [2.45, 2.75) is 18.3 Å². The van der Waals surface area contributed by atoms with Gasteiger partial charge in [-0.25, -0.2) is 0 Å². The Morgan fingerprint density at radius 2 is 2.00 bits per heavy atom. The third kappa shape index (κ3) is 2.97. The molecule has 1 aliphatic rings. The molecule has 0 radical (unpaired) electrons. The highest BCUT2D eigenvalue weighted by molar-refractivity contribution is 9.10. The maximum atomic E-state index is 3.70. The second-order valence-corrected chi connectivity index (χ2v) is 7.61. The van der Waals surface area contributed by atoms with E-state index >= 15 is 0 Å². The van der Waals surface area contributed by atoms with Gasteiger partial charge < -0.3 is 5.32 Å². The maximum absolute atomic E-state index is 3.70. The topological polar surface area (TPSA) is 12.0 Å². The average Bonchev–Trinajstić information content (AvgIpc) is 2.86. The first kappa shape index (κ1) is 13.8. The van der Waals surface area contributed by atoms with Crippen LogP contribution in [0.3, 0.4) is 0 Å². The summed E-state index contributed by atoms with van der Waals surface area (Å²) in [6.07, 6.45) is 1.21. The van der Waals surface area contributed by atoms with Crippen molar-refractivity contribution in [3.05, 3.63) is 55.1 Å². The molecule has 1 aromatic heterocycles. The zero-order valence-corrected chi connectivity index (χ0v) is 14.4. The molecule has 1 nitrogen and oxygen atoms in total. The first-order chi connectivity index (χ1) is 9.25. The van der Waals surface area contributed by atoms with Crippen LogP contribution >= 0.6 is 43.2 Å². The summed E-state index contributed by atoms with van der Waals surface area (Å²) >= 11 is 9.15. The minimum Gasteiger partial charge on any atom is -0.316 e. The number of benzene rings is 1. The van der Waals surface area contributed by atoms with E-state index in [1.54, 1.807) is 0 Å². The Hall–Kier alpha value is -0.160. The molecule has 1 N–H and O–H groups in total. The molecule has 100 valence electrons. The Morgan fingerprint density at radius 3 is 2.74 bits per heavy atom. The lowest BCUT2D eigenvalue weighted by atomic mass is 9.80. The molecule has 0 saturated carbocycles. The summed E-state index contributed by atoms with van der Waals surface area (Å²) in [5, 5.41) is 5.73. The predicted molar refractivity (Wildman–Crippen MR) is 89.1 cm³/mol. The largest absolute Gasteiger partial charge is 0.316 e. The van der Waals surface area contributed by atoms with Gasteiger partial charge in [0.25, 0.3) is 0 Å². The van der Waals surface area contributed by atoms with Crippen LogP contribution in [0, 0.1) is 0 Å². The second kappa shape index (κ2) is 6.08. The normalized spacial score (nSPS) is 23.5. The molecule has 2 heterocycles. The maximum Gasteiger partial charge on any atom is 0.0285 e. The number of hydrogen-bond acceptors (Lipinski definition) is 2. The van der Waals surface area contributed by atoms with Crippen molar-refractivity contribution in [1.29, 1.82) is 0 Å². The fraction of sp³-hybridized carbons (Fsp3) is 0.333. The van der Waals surface area contributed by atoms with Crippen molar-refractivity contribution in [1.82, 2.24) is 5.32 Å². The minimum atomic E-state index is 0.551. The summed E-state index contributed by atoms with van der Waals surface area (Å²) in [6, 6.07) is 10.9. The van der Waals surface area contributed by atoms with Crippen LogP contribution in [0.25, 0.3) is 0 Å². The van der Waals surface area contributed by atoms with Crippen molar-refractivity contribution in [3.8, 4) is 0 Å². The van der Waals surface area contributed by atoms with E-state index < -0.39 is 0 Å². The molecule has 1 aromatic carbocycles. The quantitative estimate of drug-likeness (QED) is 0.736. The predicted octanol–water partition coefficient (Wildman–Crippen LogP) is 5.13. The highest BCUT2D eigenvalue weighted by atomic mass is 79.9. The van der Waals surface area contributed by atoms with E-state index in [-0.39, 0.29) is 0 Å². The molecule has 19 heavy (non-hydrogen) atoms. The number of piperidine rings is 1. The number of nitrogens with one attached hydrogen (secondary N) is 1. The number of halogens is 2. The van der Waals surface area contributed by atoms with Crippen molar-refractivity contribution >= 4 is 43.2 Å². The summed E-state index contributed by atoms with van der Waals surface area (Å²) in [5.41, 5.74) is 1.42. The fourth-order valence-electron chi connectivity index (χ4n) is 2.82. The number of thiophene rings is 1. The van der Waals surface area contributed by atoms with Gasteiger partial charge in [0.2, 0.25) is 0 Å². The number of hydrogen-bond donors (Lipinski definition) is 1. The Kier molecular flexibility index (Phi) is 4.42. The molecule has 1 aliphatic heterocycles. The Morgan fingerprint density at radius 1 is 1.16 bits per heavy atom. The van der Waals surface area contributed by atoms with Gasteiger partial charge in [0, 0.05) is 37.6 Å². The molecule has 2 aromatic rings. The minimum absolute atomic E-state index is 0.551. The molecule has 0 aliphatic carbocycles. The molecule has 1 saturated heterocycles. The Labute approximate surface area is 134 Å². The summed E-state index contributed by atoms with van der Waals surface area (Å²) in [6.45, 7) is 2.17. The molecule has 2 unspecified atom stereocenters. The van der Waals surface area contributed by atoms with Crippen LogP contribution in [0.4, 0.5) is 0 Å². The Balaban J connectivity index is 1.96. The van der Waals surface area contributed by atoms with E-state index in [4.69, 9.17) is 0 Å². The van der Waals surface area contributed by atoms with E-state index in [0.717, 1.165) is 13.1 Å². The average molecular weight is 401 g/mol. The third-order valence-corrected chi connectivity index (χ3v) is 6.29. The van der Waals surface area contributed by atoms with Crippen molar-refractivity contribution in [2.24, 2.45) is 0 Å². The summed E-state index contributed by atoms with van der Waals surface area (Å²) in [5.74, 6) is 1.17. The van der Waals surface area contributed by atoms with E-state index in [2.05, 4.69) is 72.9 Å². The molecule has 0 spiro atoms. The van der Waals surface area contributed by atoms with E-state index in [0.29, 0.717) is 11.8 Å². The summed E-state index contributed by atoms with van der Waals surface area (Å²) in [7, 11) is 0. The molecule has 0 amide bonds. The lowest BCUT2D eigenvalue weighted by Gasteiger charge is -2.32. The molecule has 2 atom stereocenters. The van der Waals surface area contributed by atoms with Gasteiger partial charge in [0.15, 0.2) is 0 Å². The molecular weight excluding hydrogens is 386 g/mol.